The molecule has 1 atom stereocenters. The summed E-state index contributed by atoms with van der Waals surface area (Å²) in [4.78, 5) is 16.7. The SMILES string of the molecule is C[C@](O)(Cn1ccc2nc(C#N)ccc21)C(=O)Nc1ccc(C#N)c(CF)c1. The molecular formula is C20H16FN5O2. The summed E-state index contributed by atoms with van der Waals surface area (Å²) in [5.74, 6) is -0.675. The number of nitriles is 2. The summed E-state index contributed by atoms with van der Waals surface area (Å²) >= 11 is 0. The number of benzene rings is 1. The van der Waals surface area contributed by atoms with Crippen LogP contribution in [0, 0.1) is 22.7 Å². The van der Waals surface area contributed by atoms with Crippen LogP contribution in [-0.2, 0) is 18.0 Å². The smallest absolute Gasteiger partial charge is 0.257 e. The molecule has 8 heteroatoms. The fourth-order valence-corrected chi connectivity index (χ4v) is 2.83. The predicted octanol–water partition coefficient (Wildman–Crippen LogP) is 2.64. The molecule has 2 N–H and O–H groups in total. The maximum Gasteiger partial charge on any atom is 0.257 e. The van der Waals surface area contributed by atoms with Gasteiger partial charge in [-0.1, -0.05) is 0 Å². The number of pyridine rings is 1. The van der Waals surface area contributed by atoms with Crippen molar-refractivity contribution in [3.05, 3.63) is 59.4 Å². The van der Waals surface area contributed by atoms with E-state index in [-0.39, 0.29) is 29.1 Å². The number of nitrogens with one attached hydrogen (secondary N) is 1. The predicted molar refractivity (Wildman–Crippen MR) is 99.7 cm³/mol. The first-order valence-electron chi connectivity index (χ1n) is 8.37. The Morgan fingerprint density at radius 3 is 2.75 bits per heavy atom. The normalized spacial score (nSPS) is 12.8. The summed E-state index contributed by atoms with van der Waals surface area (Å²) in [7, 11) is 0. The number of anilines is 1. The summed E-state index contributed by atoms with van der Waals surface area (Å²) in [6, 6.07) is 13.0. The number of hydrogen-bond donors (Lipinski definition) is 2. The van der Waals surface area contributed by atoms with Crippen molar-refractivity contribution in [3.63, 3.8) is 0 Å². The lowest BCUT2D eigenvalue weighted by Gasteiger charge is -2.23. The highest BCUT2D eigenvalue weighted by Crippen LogP contribution is 2.21. The van der Waals surface area contributed by atoms with Gasteiger partial charge in [0, 0.05) is 17.4 Å². The molecule has 1 aromatic carbocycles. The van der Waals surface area contributed by atoms with E-state index in [1.54, 1.807) is 29.0 Å². The van der Waals surface area contributed by atoms with Crippen LogP contribution < -0.4 is 5.32 Å². The minimum Gasteiger partial charge on any atom is -0.378 e. The van der Waals surface area contributed by atoms with Crippen molar-refractivity contribution < 1.29 is 14.3 Å². The minimum atomic E-state index is -1.77. The first-order chi connectivity index (χ1) is 13.4. The van der Waals surface area contributed by atoms with E-state index in [4.69, 9.17) is 10.5 Å². The van der Waals surface area contributed by atoms with E-state index in [0.29, 0.717) is 11.0 Å². The van der Waals surface area contributed by atoms with Crippen LogP contribution in [0.1, 0.15) is 23.7 Å². The fourth-order valence-electron chi connectivity index (χ4n) is 2.83. The number of hydrogen-bond acceptors (Lipinski definition) is 5. The van der Waals surface area contributed by atoms with Gasteiger partial charge in [0.25, 0.3) is 5.91 Å². The molecule has 2 heterocycles. The van der Waals surface area contributed by atoms with Crippen molar-refractivity contribution in [1.82, 2.24) is 9.55 Å². The maximum absolute atomic E-state index is 13.0. The van der Waals surface area contributed by atoms with Crippen LogP contribution in [0.5, 0.6) is 0 Å². The van der Waals surface area contributed by atoms with E-state index in [0.717, 1.165) is 0 Å². The maximum atomic E-state index is 13.0. The molecule has 0 aliphatic rings. The molecule has 1 amide bonds. The van der Waals surface area contributed by atoms with Gasteiger partial charge < -0.3 is 15.0 Å². The minimum absolute atomic E-state index is 0.0534. The van der Waals surface area contributed by atoms with Gasteiger partial charge in [-0.3, -0.25) is 4.79 Å². The standard InChI is InChI=1S/C20H16FN5O2/c1-20(28,12-26-7-6-17-18(26)5-4-16(11-23)24-17)19(27)25-15-3-2-13(10-22)14(8-15)9-21/h2-8,28H,9,12H2,1H3,(H,25,27)/t20-/m0/s1. The number of halogens is 1. The molecule has 2 aromatic heterocycles. The number of carbonyl (C=O) groups is 1. The molecule has 0 bridgehead atoms. The summed E-state index contributed by atoms with van der Waals surface area (Å²) in [5, 5.41) is 31.1. The van der Waals surface area contributed by atoms with Gasteiger partial charge in [-0.2, -0.15) is 10.5 Å². The Morgan fingerprint density at radius 2 is 2.07 bits per heavy atom. The molecular weight excluding hydrogens is 361 g/mol. The molecule has 3 aromatic rings. The molecule has 140 valence electrons. The van der Waals surface area contributed by atoms with Crippen LogP contribution in [0.25, 0.3) is 11.0 Å². The zero-order valence-electron chi connectivity index (χ0n) is 15.0. The second kappa shape index (κ2) is 7.47. The Hall–Kier alpha value is -3.75. The van der Waals surface area contributed by atoms with Gasteiger partial charge in [-0.15, -0.1) is 0 Å². The Kier molecular flexibility index (Phi) is 5.08. The number of alkyl halides is 1. The molecule has 0 aliphatic heterocycles. The van der Waals surface area contributed by atoms with Crippen molar-refractivity contribution in [2.75, 3.05) is 5.32 Å². The van der Waals surface area contributed by atoms with Gasteiger partial charge >= 0.3 is 0 Å². The van der Waals surface area contributed by atoms with Gasteiger partial charge in [-0.25, -0.2) is 9.37 Å². The number of fused-ring (bicyclic) bond motifs is 1. The lowest BCUT2D eigenvalue weighted by Crippen LogP contribution is -2.43. The Labute approximate surface area is 160 Å². The zero-order chi connectivity index (χ0) is 20.3. The van der Waals surface area contributed by atoms with Gasteiger partial charge in [0.05, 0.1) is 29.2 Å². The van der Waals surface area contributed by atoms with Crippen molar-refractivity contribution in [2.24, 2.45) is 0 Å². The highest BCUT2D eigenvalue weighted by molar-refractivity contribution is 5.97. The van der Waals surface area contributed by atoms with E-state index >= 15 is 0 Å². The average molecular weight is 377 g/mol. The fraction of sp³-hybridized carbons (Fsp3) is 0.200. The summed E-state index contributed by atoms with van der Waals surface area (Å²) in [6.07, 6.45) is 1.67. The lowest BCUT2D eigenvalue weighted by molar-refractivity contribution is -0.133. The molecule has 0 spiro atoms. The third-order valence-electron chi connectivity index (χ3n) is 4.33. The second-order valence-electron chi connectivity index (χ2n) is 6.50. The van der Waals surface area contributed by atoms with Gasteiger partial charge in [0.2, 0.25) is 0 Å². The number of aromatic nitrogens is 2. The zero-order valence-corrected chi connectivity index (χ0v) is 15.0. The van der Waals surface area contributed by atoms with Gasteiger partial charge in [0.15, 0.2) is 5.60 Å². The first-order valence-corrected chi connectivity index (χ1v) is 8.37. The van der Waals surface area contributed by atoms with E-state index in [1.165, 1.54) is 25.1 Å². The second-order valence-corrected chi connectivity index (χ2v) is 6.50. The molecule has 28 heavy (non-hydrogen) atoms. The molecule has 0 aliphatic carbocycles. The third-order valence-corrected chi connectivity index (χ3v) is 4.33. The largest absolute Gasteiger partial charge is 0.378 e. The Bertz CT molecular complexity index is 1140. The summed E-state index contributed by atoms with van der Waals surface area (Å²) in [6.45, 7) is 0.475. The van der Waals surface area contributed by atoms with E-state index < -0.39 is 18.2 Å². The topological polar surface area (TPSA) is 115 Å². The number of carbonyl (C=O) groups excluding carboxylic acids is 1. The first kappa shape index (κ1) is 19.0. The third kappa shape index (κ3) is 3.68. The van der Waals surface area contributed by atoms with E-state index in [1.807, 2.05) is 12.1 Å². The van der Waals surface area contributed by atoms with Crippen molar-refractivity contribution in [3.8, 4) is 12.1 Å². The molecule has 0 saturated heterocycles. The molecule has 0 radical (unpaired) electrons. The Morgan fingerprint density at radius 1 is 1.29 bits per heavy atom. The van der Waals surface area contributed by atoms with Crippen LogP contribution in [0.15, 0.2) is 42.6 Å². The molecule has 0 fully saturated rings. The quantitative estimate of drug-likeness (QED) is 0.709. The van der Waals surface area contributed by atoms with Crippen LogP contribution >= 0.6 is 0 Å². The van der Waals surface area contributed by atoms with E-state index in [9.17, 15) is 14.3 Å². The van der Waals surface area contributed by atoms with Crippen LogP contribution in [-0.4, -0.2) is 26.2 Å². The molecule has 0 saturated carbocycles. The van der Waals surface area contributed by atoms with Crippen molar-refractivity contribution >= 4 is 22.6 Å². The number of rotatable bonds is 5. The van der Waals surface area contributed by atoms with Gasteiger partial charge in [0.1, 0.15) is 18.4 Å². The molecule has 0 unspecified atom stereocenters. The van der Waals surface area contributed by atoms with Crippen LogP contribution in [0.3, 0.4) is 0 Å². The average Bonchev–Trinajstić information content (AvgIpc) is 3.09. The lowest BCUT2D eigenvalue weighted by atomic mass is 10.0. The molecule has 7 nitrogen and oxygen atoms in total. The van der Waals surface area contributed by atoms with E-state index in [2.05, 4.69) is 10.3 Å². The monoisotopic (exact) mass is 377 g/mol. The summed E-state index contributed by atoms with van der Waals surface area (Å²) < 4.78 is 14.7. The van der Waals surface area contributed by atoms with Crippen LogP contribution in [0.4, 0.5) is 10.1 Å². The highest BCUT2D eigenvalue weighted by atomic mass is 19.1. The number of nitrogens with zero attached hydrogens (tertiary/aromatic N) is 4. The summed E-state index contributed by atoms with van der Waals surface area (Å²) in [5.41, 5.74) is 0.392. The highest BCUT2D eigenvalue weighted by Gasteiger charge is 2.31. The Balaban J connectivity index is 1.80. The number of amides is 1. The van der Waals surface area contributed by atoms with Crippen molar-refractivity contribution in [2.45, 2.75) is 25.7 Å². The van der Waals surface area contributed by atoms with Crippen LogP contribution in [0.2, 0.25) is 0 Å². The number of aliphatic hydroxyl groups is 1. The molecule has 3 rings (SSSR count). The van der Waals surface area contributed by atoms with Gasteiger partial charge in [-0.05, 0) is 43.3 Å². The van der Waals surface area contributed by atoms with Crippen molar-refractivity contribution in [1.29, 1.82) is 10.5 Å².